The van der Waals surface area contributed by atoms with Crippen molar-refractivity contribution in [3.05, 3.63) is 58.0 Å². The summed E-state index contributed by atoms with van der Waals surface area (Å²) in [6.07, 6.45) is 0. The van der Waals surface area contributed by atoms with Gasteiger partial charge in [-0.25, -0.2) is 4.79 Å². The summed E-state index contributed by atoms with van der Waals surface area (Å²) in [6.45, 7) is 2.98. The molecule has 1 unspecified atom stereocenters. The molecule has 1 aromatic carbocycles. The molecular formula is C16H16ClNO5. The van der Waals surface area contributed by atoms with E-state index in [1.807, 2.05) is 0 Å². The first kappa shape index (κ1) is 17.1. The van der Waals surface area contributed by atoms with Gasteiger partial charge < -0.3 is 19.9 Å². The molecule has 0 saturated heterocycles. The molecule has 1 heterocycles. The number of hydrogen-bond acceptors (Lipinski definition) is 4. The van der Waals surface area contributed by atoms with Gasteiger partial charge in [-0.3, -0.25) is 4.79 Å². The van der Waals surface area contributed by atoms with Crippen LogP contribution in [-0.2, 0) is 5.60 Å². The van der Waals surface area contributed by atoms with E-state index in [-0.39, 0.29) is 18.1 Å². The van der Waals surface area contributed by atoms with Crippen LogP contribution in [0.25, 0.3) is 0 Å². The zero-order valence-electron chi connectivity index (χ0n) is 12.6. The highest BCUT2D eigenvalue weighted by Gasteiger charge is 2.26. The zero-order valence-corrected chi connectivity index (χ0v) is 13.3. The van der Waals surface area contributed by atoms with Crippen LogP contribution in [0.15, 0.2) is 34.7 Å². The zero-order chi connectivity index (χ0) is 17.2. The molecule has 7 heteroatoms. The fourth-order valence-electron chi connectivity index (χ4n) is 2.07. The molecule has 0 aliphatic rings. The molecule has 2 rings (SSSR count). The average Bonchev–Trinajstić information content (AvgIpc) is 2.87. The summed E-state index contributed by atoms with van der Waals surface area (Å²) < 4.78 is 5.01. The molecule has 2 aromatic rings. The van der Waals surface area contributed by atoms with Crippen LogP contribution in [0.3, 0.4) is 0 Å². The normalized spacial score (nSPS) is 13.4. The van der Waals surface area contributed by atoms with Crippen molar-refractivity contribution in [2.75, 3.05) is 6.54 Å². The Bertz CT molecular complexity index is 751. The predicted molar refractivity (Wildman–Crippen MR) is 83.8 cm³/mol. The van der Waals surface area contributed by atoms with Crippen molar-refractivity contribution in [1.82, 2.24) is 5.32 Å². The van der Waals surface area contributed by atoms with Gasteiger partial charge in [-0.05, 0) is 37.6 Å². The van der Waals surface area contributed by atoms with E-state index in [1.54, 1.807) is 24.3 Å². The van der Waals surface area contributed by atoms with Crippen LogP contribution >= 0.6 is 11.6 Å². The van der Waals surface area contributed by atoms with Gasteiger partial charge in [0.05, 0.1) is 6.54 Å². The lowest BCUT2D eigenvalue weighted by Crippen LogP contribution is -2.38. The molecule has 6 nitrogen and oxygen atoms in total. The lowest BCUT2D eigenvalue weighted by Gasteiger charge is -2.24. The molecule has 0 fully saturated rings. The number of furan rings is 1. The number of benzene rings is 1. The third kappa shape index (κ3) is 3.91. The number of aliphatic hydroxyl groups is 1. The van der Waals surface area contributed by atoms with E-state index in [1.165, 1.54) is 19.9 Å². The van der Waals surface area contributed by atoms with Gasteiger partial charge in [-0.2, -0.15) is 0 Å². The Kier molecular flexibility index (Phi) is 4.77. The number of amides is 1. The minimum atomic E-state index is -1.34. The Balaban J connectivity index is 2.09. The van der Waals surface area contributed by atoms with Crippen molar-refractivity contribution in [3.8, 4) is 0 Å². The predicted octanol–water partition coefficient (Wildman–Crippen LogP) is 2.58. The van der Waals surface area contributed by atoms with Crippen molar-refractivity contribution in [2.24, 2.45) is 0 Å². The number of hydrogen-bond donors (Lipinski definition) is 3. The van der Waals surface area contributed by atoms with Crippen molar-refractivity contribution in [1.29, 1.82) is 0 Å². The first-order valence-corrected chi connectivity index (χ1v) is 7.19. The Morgan fingerprint density at radius 3 is 2.61 bits per heavy atom. The summed E-state index contributed by atoms with van der Waals surface area (Å²) in [5, 5.41) is 22.4. The summed E-state index contributed by atoms with van der Waals surface area (Å²) in [4.78, 5) is 23.0. The molecular weight excluding hydrogens is 322 g/mol. The fourth-order valence-corrected chi connectivity index (χ4v) is 2.26. The highest BCUT2D eigenvalue weighted by molar-refractivity contribution is 6.30. The van der Waals surface area contributed by atoms with E-state index in [9.17, 15) is 14.7 Å². The van der Waals surface area contributed by atoms with E-state index in [4.69, 9.17) is 21.1 Å². The van der Waals surface area contributed by atoms with Gasteiger partial charge in [0, 0.05) is 10.6 Å². The van der Waals surface area contributed by atoms with Crippen LogP contribution in [0.1, 0.15) is 39.2 Å². The van der Waals surface area contributed by atoms with Crippen LogP contribution in [0, 0.1) is 6.92 Å². The monoisotopic (exact) mass is 337 g/mol. The summed E-state index contributed by atoms with van der Waals surface area (Å²) in [7, 11) is 0. The van der Waals surface area contributed by atoms with E-state index < -0.39 is 17.5 Å². The molecule has 1 atom stereocenters. The van der Waals surface area contributed by atoms with E-state index in [0.29, 0.717) is 16.1 Å². The molecule has 1 aromatic heterocycles. The Morgan fingerprint density at radius 1 is 1.35 bits per heavy atom. The summed E-state index contributed by atoms with van der Waals surface area (Å²) in [5.41, 5.74) is -0.436. The summed E-state index contributed by atoms with van der Waals surface area (Å²) in [5.74, 6) is -2.26. The largest absolute Gasteiger partial charge is 0.475 e. The lowest BCUT2D eigenvalue weighted by molar-refractivity contribution is 0.0515. The highest BCUT2D eigenvalue weighted by Crippen LogP contribution is 2.23. The standard InChI is InChI=1S/C16H16ClNO5/c1-9-6-12(23-13(9)15(20)21)14(19)18-8-16(2,22)10-4-3-5-11(17)7-10/h3-7,22H,8H2,1-2H3,(H,18,19)(H,20,21). The molecule has 1 amide bonds. The first-order valence-electron chi connectivity index (χ1n) is 6.81. The number of carboxylic acids is 1. The van der Waals surface area contributed by atoms with E-state index in [0.717, 1.165) is 0 Å². The maximum absolute atomic E-state index is 12.0. The number of nitrogens with one attached hydrogen (secondary N) is 1. The van der Waals surface area contributed by atoms with Gasteiger partial charge in [-0.15, -0.1) is 0 Å². The topological polar surface area (TPSA) is 99.8 Å². The Morgan fingerprint density at radius 2 is 2.04 bits per heavy atom. The van der Waals surface area contributed by atoms with Crippen molar-refractivity contribution in [3.63, 3.8) is 0 Å². The number of carbonyl (C=O) groups excluding carboxylic acids is 1. The molecule has 0 spiro atoms. The van der Waals surface area contributed by atoms with Crippen molar-refractivity contribution >= 4 is 23.5 Å². The molecule has 0 aliphatic carbocycles. The van der Waals surface area contributed by atoms with Gasteiger partial charge in [0.1, 0.15) is 5.60 Å². The molecule has 0 saturated carbocycles. The SMILES string of the molecule is Cc1cc(C(=O)NCC(C)(O)c2cccc(Cl)c2)oc1C(=O)O. The van der Waals surface area contributed by atoms with Crippen LogP contribution in [0.5, 0.6) is 0 Å². The van der Waals surface area contributed by atoms with E-state index >= 15 is 0 Å². The fraction of sp³-hybridized carbons (Fsp3) is 0.250. The third-order valence-corrected chi connectivity index (χ3v) is 3.61. The quantitative estimate of drug-likeness (QED) is 0.778. The van der Waals surface area contributed by atoms with Gasteiger partial charge in [-0.1, -0.05) is 23.7 Å². The minimum Gasteiger partial charge on any atom is -0.475 e. The molecule has 122 valence electrons. The van der Waals surface area contributed by atoms with Crippen LogP contribution in [0.2, 0.25) is 5.02 Å². The molecule has 0 aliphatic heterocycles. The van der Waals surface area contributed by atoms with Crippen LogP contribution in [-0.4, -0.2) is 28.6 Å². The van der Waals surface area contributed by atoms with Gasteiger partial charge in [0.15, 0.2) is 5.76 Å². The number of carbonyl (C=O) groups is 2. The van der Waals surface area contributed by atoms with Crippen LogP contribution in [0.4, 0.5) is 0 Å². The number of halogens is 1. The van der Waals surface area contributed by atoms with Crippen molar-refractivity contribution < 1.29 is 24.2 Å². The minimum absolute atomic E-state index is 0.0890. The van der Waals surface area contributed by atoms with Gasteiger partial charge >= 0.3 is 5.97 Å². The third-order valence-electron chi connectivity index (χ3n) is 3.38. The Labute approximate surface area is 137 Å². The summed E-state index contributed by atoms with van der Waals surface area (Å²) >= 11 is 5.89. The number of aryl methyl sites for hydroxylation is 1. The summed E-state index contributed by atoms with van der Waals surface area (Å²) in [6, 6.07) is 8.01. The molecule has 0 radical (unpaired) electrons. The second-order valence-electron chi connectivity index (χ2n) is 5.39. The highest BCUT2D eigenvalue weighted by atomic mass is 35.5. The number of carboxylic acid groups (broad SMARTS) is 1. The lowest BCUT2D eigenvalue weighted by atomic mass is 9.96. The van der Waals surface area contributed by atoms with Gasteiger partial charge in [0.2, 0.25) is 5.76 Å². The van der Waals surface area contributed by atoms with Crippen LogP contribution < -0.4 is 5.32 Å². The Hall–Kier alpha value is -2.31. The maximum atomic E-state index is 12.0. The molecule has 3 N–H and O–H groups in total. The number of rotatable bonds is 5. The van der Waals surface area contributed by atoms with Gasteiger partial charge in [0.25, 0.3) is 5.91 Å². The average molecular weight is 338 g/mol. The maximum Gasteiger partial charge on any atom is 0.372 e. The second-order valence-corrected chi connectivity index (χ2v) is 5.83. The number of aromatic carboxylic acids is 1. The smallest absolute Gasteiger partial charge is 0.372 e. The van der Waals surface area contributed by atoms with E-state index in [2.05, 4.69) is 5.32 Å². The molecule has 23 heavy (non-hydrogen) atoms. The molecule has 0 bridgehead atoms. The second kappa shape index (κ2) is 6.44. The first-order chi connectivity index (χ1) is 10.7. The van der Waals surface area contributed by atoms with Crippen molar-refractivity contribution in [2.45, 2.75) is 19.4 Å².